The minimum Gasteiger partial charge on any atom is -0.507 e. The van der Waals surface area contributed by atoms with Crippen molar-refractivity contribution in [3.05, 3.63) is 98.5 Å². The maximum Gasteiger partial charge on any atom is 0.229 e. The van der Waals surface area contributed by atoms with Crippen LogP contribution in [0.1, 0.15) is 67.8 Å². The van der Waals surface area contributed by atoms with Crippen LogP contribution in [-0.2, 0) is 24.3 Å². The molecule has 6 atom stereocenters. The lowest BCUT2D eigenvalue weighted by atomic mass is 9.78. The summed E-state index contributed by atoms with van der Waals surface area (Å²) in [4.78, 5) is 33.1. The number of nitrogens with zero attached hydrogens (tertiary/aromatic N) is 1. The molecule has 4 aliphatic rings. The van der Waals surface area contributed by atoms with E-state index in [0.29, 0.717) is 30.8 Å². The van der Waals surface area contributed by atoms with Crippen molar-refractivity contribution < 1.29 is 54.4 Å². The molecule has 1 fully saturated rings. The molecule has 0 aromatic heterocycles. The Balaban J connectivity index is 1.38. The number of phenolic OH excluding ortho intramolecular Hbond substituents is 1. The summed E-state index contributed by atoms with van der Waals surface area (Å²) in [6.07, 6.45) is 2.27. The first-order valence-electron chi connectivity index (χ1n) is 18.3. The van der Waals surface area contributed by atoms with Gasteiger partial charge in [0.2, 0.25) is 12.1 Å². The Morgan fingerprint density at radius 3 is 2.49 bits per heavy atom. The Morgan fingerprint density at radius 1 is 1.07 bits per heavy atom. The molecule has 306 valence electrons. The molecule has 6 rings (SSSR count). The van der Waals surface area contributed by atoms with Gasteiger partial charge in [0.1, 0.15) is 41.2 Å². The van der Waals surface area contributed by atoms with Crippen molar-refractivity contribution >= 4 is 17.5 Å². The van der Waals surface area contributed by atoms with Crippen LogP contribution in [0.2, 0.25) is 0 Å². The zero-order valence-corrected chi connectivity index (χ0v) is 31.5. The number of aliphatic hydroxyl groups excluding tert-OH is 4. The van der Waals surface area contributed by atoms with Crippen molar-refractivity contribution in [2.45, 2.75) is 75.2 Å². The van der Waals surface area contributed by atoms with Crippen LogP contribution in [0.25, 0.3) is 0 Å². The summed E-state index contributed by atoms with van der Waals surface area (Å²) in [6.45, 7) is -1.15. The highest BCUT2D eigenvalue weighted by Crippen LogP contribution is 2.45. The molecule has 0 radical (unpaired) electrons. The number of fused-ring (bicyclic) bond motifs is 2. The summed E-state index contributed by atoms with van der Waals surface area (Å²) < 4.78 is 17.4. The van der Waals surface area contributed by atoms with E-state index in [2.05, 4.69) is 20.9 Å². The van der Waals surface area contributed by atoms with E-state index >= 15 is 0 Å². The number of hydrogen-bond acceptors (Lipinski definition) is 16. The Kier molecular flexibility index (Phi) is 12.2. The topological polar surface area (TPSA) is 310 Å². The molecule has 18 heteroatoms. The number of hydrogen-bond donors (Lipinski definition) is 12. The predicted molar refractivity (Wildman–Crippen MR) is 206 cm³/mol. The van der Waals surface area contributed by atoms with E-state index in [1.807, 2.05) is 12.2 Å². The third kappa shape index (κ3) is 7.93. The number of methoxy groups -OCH3 is 1. The van der Waals surface area contributed by atoms with Crippen LogP contribution in [-0.4, -0.2) is 112 Å². The van der Waals surface area contributed by atoms with E-state index in [-0.39, 0.29) is 76.4 Å². The van der Waals surface area contributed by atoms with Crippen molar-refractivity contribution in [3.63, 3.8) is 0 Å². The molecular formula is C39H49N7O11. The molecule has 0 spiro atoms. The van der Waals surface area contributed by atoms with Crippen LogP contribution in [0.5, 0.6) is 17.2 Å². The van der Waals surface area contributed by atoms with Crippen molar-refractivity contribution in [1.82, 2.24) is 16.0 Å². The number of benzene rings is 2. The first-order chi connectivity index (χ1) is 27.3. The van der Waals surface area contributed by atoms with Gasteiger partial charge in [-0.05, 0) is 60.6 Å². The van der Waals surface area contributed by atoms with E-state index < -0.39 is 60.7 Å². The summed E-state index contributed by atoms with van der Waals surface area (Å²) >= 11 is 0. The Hall–Kier alpha value is -5.47. The van der Waals surface area contributed by atoms with Gasteiger partial charge in [-0.3, -0.25) is 14.6 Å². The number of aromatic hydroxyl groups is 1. The van der Waals surface area contributed by atoms with E-state index in [1.54, 1.807) is 18.4 Å². The molecule has 3 aliphatic heterocycles. The maximum absolute atomic E-state index is 14.6. The average molecular weight is 792 g/mol. The van der Waals surface area contributed by atoms with Gasteiger partial charge in [0.25, 0.3) is 0 Å². The summed E-state index contributed by atoms with van der Waals surface area (Å²) in [5.41, 5.74) is 16.7. The Labute approximate surface area is 328 Å². The molecule has 2 aromatic carbocycles. The first kappa shape index (κ1) is 41.2. The number of aryl methyl sites for hydroxylation is 1. The lowest BCUT2D eigenvalue weighted by molar-refractivity contribution is -0.314. The van der Waals surface area contributed by atoms with Crippen LogP contribution in [0.4, 0.5) is 0 Å². The van der Waals surface area contributed by atoms with Gasteiger partial charge < -0.3 is 78.0 Å². The standard InChI is InChI=1S/C39H49N7O11/c1-43-38(42)46-15-22-20(5-3-19-4-6-27(40)45-14-19)12-21-30(33(22)50)34(51)31-25(13-24(55-2)23(16-47)29(31)32(21)49)56-37-35(52)36(53)39(54,26(17-48)57-37)9-7-18-8-10-44-28(41)11-18/h4,6,8,11-14,26-27,35-37,44-45,47-48,50,52-54H,3,5,7,9-10,15-17,40-41H2,1-2H3,(H3,42,43,46). The fourth-order valence-corrected chi connectivity index (χ4v) is 7.52. The zero-order chi connectivity index (χ0) is 41.2. The third-order valence-electron chi connectivity index (χ3n) is 10.7. The van der Waals surface area contributed by atoms with Gasteiger partial charge in [0.15, 0.2) is 11.7 Å². The van der Waals surface area contributed by atoms with Crippen molar-refractivity contribution in [2.24, 2.45) is 22.2 Å². The number of allylic oxidation sites excluding steroid dienone is 4. The van der Waals surface area contributed by atoms with E-state index in [0.717, 1.165) is 11.1 Å². The summed E-state index contributed by atoms with van der Waals surface area (Å²) in [6, 6.07) is 2.72. The number of carbonyl (C=O) groups is 2. The normalized spacial score (nSPS) is 25.6. The maximum atomic E-state index is 14.6. The number of guanidine groups is 1. The number of rotatable bonds is 13. The van der Waals surface area contributed by atoms with Crippen LogP contribution in [0, 0.1) is 0 Å². The van der Waals surface area contributed by atoms with Gasteiger partial charge in [0.05, 0.1) is 43.4 Å². The Morgan fingerprint density at radius 2 is 1.84 bits per heavy atom. The van der Waals surface area contributed by atoms with Gasteiger partial charge in [-0.25, -0.2) is 0 Å². The van der Waals surface area contributed by atoms with Crippen LogP contribution < -0.4 is 42.6 Å². The third-order valence-corrected chi connectivity index (χ3v) is 10.7. The zero-order valence-electron chi connectivity index (χ0n) is 31.5. The van der Waals surface area contributed by atoms with Gasteiger partial charge in [-0.1, -0.05) is 12.2 Å². The quantitative estimate of drug-likeness (QED) is 0.0701. The number of ketones is 2. The molecule has 0 amide bonds. The lowest BCUT2D eigenvalue weighted by Crippen LogP contribution is -2.67. The molecule has 2 aromatic rings. The summed E-state index contributed by atoms with van der Waals surface area (Å²) in [7, 11) is 2.75. The fourth-order valence-electron chi connectivity index (χ4n) is 7.52. The average Bonchev–Trinajstić information content (AvgIpc) is 3.20. The molecule has 15 N–H and O–H groups in total. The number of dihydropyridines is 2. The highest BCUT2D eigenvalue weighted by Gasteiger charge is 2.55. The second-order valence-electron chi connectivity index (χ2n) is 14.1. The van der Waals surface area contributed by atoms with Crippen molar-refractivity contribution in [3.8, 4) is 17.2 Å². The second kappa shape index (κ2) is 16.9. The van der Waals surface area contributed by atoms with Crippen molar-refractivity contribution in [2.75, 3.05) is 27.3 Å². The van der Waals surface area contributed by atoms with Gasteiger partial charge in [-0.15, -0.1) is 0 Å². The molecule has 1 saturated heterocycles. The first-order valence-corrected chi connectivity index (χ1v) is 18.3. The van der Waals surface area contributed by atoms with Crippen LogP contribution >= 0.6 is 0 Å². The van der Waals surface area contributed by atoms with Crippen molar-refractivity contribution in [1.29, 1.82) is 0 Å². The second-order valence-corrected chi connectivity index (χ2v) is 14.1. The molecule has 3 heterocycles. The number of nitrogens with two attached hydrogens (primary N) is 3. The number of aliphatic imine (C=N–C) groups is 1. The number of phenols is 1. The SMILES string of the molecule is CN=C(N)NCc1c(CCC2=CNC(N)C=C2)cc2c(c1O)C(=O)c1c(OC3OC(CO)C(O)(CCC4=CCNC(N)=C4)C(O)C3O)cc(OC)c(CO)c1C2=O. The van der Waals surface area contributed by atoms with Crippen LogP contribution in [0.3, 0.4) is 0 Å². The number of aliphatic hydroxyl groups is 5. The van der Waals surface area contributed by atoms with E-state index in [4.69, 9.17) is 31.4 Å². The highest BCUT2D eigenvalue weighted by atomic mass is 16.7. The van der Waals surface area contributed by atoms with E-state index in [9.17, 15) is 40.2 Å². The molecule has 57 heavy (non-hydrogen) atoms. The van der Waals surface area contributed by atoms with E-state index in [1.165, 1.54) is 26.3 Å². The van der Waals surface area contributed by atoms with Crippen LogP contribution in [0.15, 0.2) is 64.6 Å². The number of carbonyl (C=O) groups excluding carboxylic acids is 2. The monoisotopic (exact) mass is 791 g/mol. The highest BCUT2D eigenvalue weighted by molar-refractivity contribution is 6.31. The molecule has 18 nitrogen and oxygen atoms in total. The van der Waals surface area contributed by atoms with Gasteiger partial charge >= 0.3 is 0 Å². The number of ether oxygens (including phenoxy) is 3. The smallest absolute Gasteiger partial charge is 0.229 e. The Bertz CT molecular complexity index is 2080. The van der Waals surface area contributed by atoms with Gasteiger partial charge in [-0.2, -0.15) is 0 Å². The molecule has 0 saturated carbocycles. The summed E-state index contributed by atoms with van der Waals surface area (Å²) in [5, 5.41) is 75.8. The fraction of sp³-hybridized carbons (Fsp3) is 0.410. The molecule has 0 bridgehead atoms. The van der Waals surface area contributed by atoms with Gasteiger partial charge in [0, 0.05) is 54.7 Å². The lowest BCUT2D eigenvalue weighted by Gasteiger charge is -2.48. The minimum atomic E-state index is -2.15. The molecule has 1 aliphatic carbocycles. The molecule has 6 unspecified atom stereocenters. The molecular weight excluding hydrogens is 742 g/mol. The summed E-state index contributed by atoms with van der Waals surface area (Å²) in [5.74, 6) is -2.05. The largest absolute Gasteiger partial charge is 0.507 e. The predicted octanol–water partition coefficient (Wildman–Crippen LogP) is -1.38. The minimum absolute atomic E-state index is 0.0443. The number of nitrogens with one attached hydrogen (secondary N) is 3.